The van der Waals surface area contributed by atoms with Crippen LogP contribution in [-0.4, -0.2) is 11.7 Å². The lowest BCUT2D eigenvalue weighted by Gasteiger charge is -2.53. The minimum absolute atomic E-state index is 0.319. The maximum atomic E-state index is 9.30. The molecule has 2 rings (SSSR count). The lowest BCUT2D eigenvalue weighted by Crippen LogP contribution is -2.45. The number of rotatable bonds is 2. The summed E-state index contributed by atoms with van der Waals surface area (Å²) in [7, 11) is 0. The van der Waals surface area contributed by atoms with Gasteiger partial charge in [-0.25, -0.2) is 0 Å². The van der Waals surface area contributed by atoms with Gasteiger partial charge in [-0.3, -0.25) is 0 Å². The van der Waals surface area contributed by atoms with Crippen LogP contribution in [0.5, 0.6) is 0 Å². The van der Waals surface area contributed by atoms with Crippen LogP contribution in [0.1, 0.15) is 52.9 Å². The van der Waals surface area contributed by atoms with Crippen molar-refractivity contribution in [3.63, 3.8) is 0 Å². The first-order valence-corrected chi connectivity index (χ1v) is 7.26. The van der Waals surface area contributed by atoms with Crippen LogP contribution in [0.4, 0.5) is 0 Å². The van der Waals surface area contributed by atoms with Gasteiger partial charge in [0.15, 0.2) is 0 Å². The Balaban J connectivity index is 2.25. The minimum atomic E-state index is 0.319. The van der Waals surface area contributed by atoms with Gasteiger partial charge in [-0.05, 0) is 61.2 Å². The van der Waals surface area contributed by atoms with Crippen molar-refractivity contribution in [2.45, 2.75) is 52.9 Å². The molecule has 1 heteroatoms. The number of hydrogen-bond donors (Lipinski definition) is 1. The Kier molecular flexibility index (Phi) is 3.68. The van der Waals surface area contributed by atoms with E-state index in [2.05, 4.69) is 27.4 Å². The van der Waals surface area contributed by atoms with E-state index < -0.39 is 0 Å². The van der Waals surface area contributed by atoms with Crippen molar-refractivity contribution in [3.8, 4) is 0 Å². The van der Waals surface area contributed by atoms with Crippen LogP contribution in [0.3, 0.4) is 0 Å². The van der Waals surface area contributed by atoms with Crippen molar-refractivity contribution in [1.82, 2.24) is 0 Å². The highest BCUT2D eigenvalue weighted by atomic mass is 16.3. The first kappa shape index (κ1) is 13.1. The quantitative estimate of drug-likeness (QED) is 0.718. The number of aliphatic hydroxyl groups excluding tert-OH is 1. The monoisotopic (exact) mass is 236 g/mol. The van der Waals surface area contributed by atoms with Crippen molar-refractivity contribution in [3.05, 3.63) is 12.2 Å². The molecule has 0 bridgehead atoms. The summed E-state index contributed by atoms with van der Waals surface area (Å²) in [4.78, 5) is 0. The highest BCUT2D eigenvalue weighted by molar-refractivity contribution is 5.12. The number of hydrogen-bond acceptors (Lipinski definition) is 1. The molecule has 17 heavy (non-hydrogen) atoms. The molecular weight excluding hydrogens is 208 g/mol. The van der Waals surface area contributed by atoms with Gasteiger partial charge in [-0.15, -0.1) is 0 Å². The molecule has 2 saturated carbocycles. The Morgan fingerprint density at radius 3 is 2.71 bits per heavy atom. The predicted octanol–water partition coefficient (Wildman–Crippen LogP) is 4.02. The lowest BCUT2D eigenvalue weighted by molar-refractivity contribution is -0.0170. The summed E-state index contributed by atoms with van der Waals surface area (Å²) in [5.74, 6) is 3.00. The molecule has 0 radical (unpaired) electrons. The van der Waals surface area contributed by atoms with Gasteiger partial charge in [0.1, 0.15) is 0 Å². The number of aliphatic hydroxyl groups is 1. The predicted molar refractivity (Wildman–Crippen MR) is 72.7 cm³/mol. The summed E-state index contributed by atoms with van der Waals surface area (Å²) in [6.45, 7) is 11.9. The van der Waals surface area contributed by atoms with Crippen LogP contribution < -0.4 is 0 Å². The largest absolute Gasteiger partial charge is 0.396 e. The van der Waals surface area contributed by atoms with Crippen LogP contribution in [-0.2, 0) is 0 Å². The molecule has 2 fully saturated rings. The van der Waals surface area contributed by atoms with Crippen molar-refractivity contribution in [1.29, 1.82) is 0 Å². The molecular formula is C16H28O. The van der Waals surface area contributed by atoms with E-state index in [1.165, 1.54) is 31.3 Å². The summed E-state index contributed by atoms with van der Waals surface area (Å²) in [5, 5.41) is 9.30. The van der Waals surface area contributed by atoms with Crippen molar-refractivity contribution < 1.29 is 5.11 Å². The fraction of sp³-hybridized carbons (Fsp3) is 0.875. The third-order valence-electron chi connectivity index (χ3n) is 5.58. The minimum Gasteiger partial charge on any atom is -0.396 e. The van der Waals surface area contributed by atoms with Gasteiger partial charge in [0, 0.05) is 6.61 Å². The molecule has 1 unspecified atom stereocenters. The van der Waals surface area contributed by atoms with E-state index in [0.717, 1.165) is 24.2 Å². The summed E-state index contributed by atoms with van der Waals surface area (Å²) in [6, 6.07) is 0. The Bertz CT molecular complexity index is 292. The molecule has 0 heterocycles. The van der Waals surface area contributed by atoms with Gasteiger partial charge in [0.05, 0.1) is 0 Å². The fourth-order valence-electron chi connectivity index (χ4n) is 4.49. The summed E-state index contributed by atoms with van der Waals surface area (Å²) >= 11 is 0. The molecule has 2 aliphatic rings. The van der Waals surface area contributed by atoms with Crippen molar-refractivity contribution in [2.75, 3.05) is 6.61 Å². The molecule has 4 atom stereocenters. The maximum Gasteiger partial charge on any atom is 0.0436 e. The zero-order valence-corrected chi connectivity index (χ0v) is 11.7. The maximum absolute atomic E-state index is 9.30. The SMILES string of the molecule is C=C1CC[C@H]2[C@H](C(C)CCC2(C)C)[C@@H]1CCO. The Hall–Kier alpha value is -0.300. The van der Waals surface area contributed by atoms with Crippen LogP contribution in [0.2, 0.25) is 0 Å². The molecule has 0 aromatic heterocycles. The molecule has 1 nitrogen and oxygen atoms in total. The van der Waals surface area contributed by atoms with Gasteiger partial charge >= 0.3 is 0 Å². The average molecular weight is 236 g/mol. The Labute approximate surface area is 106 Å². The van der Waals surface area contributed by atoms with E-state index in [1.807, 2.05) is 0 Å². The molecule has 0 saturated heterocycles. The standard InChI is InChI=1S/C16H28O/c1-11-5-6-14-15(13(11)8-10-17)12(2)7-9-16(14,3)4/h12-15,17H,1,5-10H2,2-4H3/t12?,13-,14+,15-/m1/s1. The van der Waals surface area contributed by atoms with E-state index in [1.54, 1.807) is 0 Å². The molecule has 1 N–H and O–H groups in total. The summed E-state index contributed by atoms with van der Waals surface area (Å²) < 4.78 is 0. The van der Waals surface area contributed by atoms with Crippen LogP contribution in [0.15, 0.2) is 12.2 Å². The molecule has 0 amide bonds. The molecule has 0 aromatic rings. The van der Waals surface area contributed by atoms with Gasteiger partial charge in [-0.1, -0.05) is 32.9 Å². The van der Waals surface area contributed by atoms with Crippen LogP contribution in [0.25, 0.3) is 0 Å². The average Bonchev–Trinajstić information content (AvgIpc) is 2.27. The second kappa shape index (κ2) is 4.76. The smallest absolute Gasteiger partial charge is 0.0436 e. The summed E-state index contributed by atoms with van der Waals surface area (Å²) in [5.41, 5.74) is 1.90. The van der Waals surface area contributed by atoms with Crippen molar-refractivity contribution in [2.24, 2.45) is 29.1 Å². The van der Waals surface area contributed by atoms with E-state index in [0.29, 0.717) is 17.9 Å². The highest BCUT2D eigenvalue weighted by Gasteiger charge is 2.47. The van der Waals surface area contributed by atoms with E-state index >= 15 is 0 Å². The normalized spacial score (nSPS) is 41.1. The zero-order chi connectivity index (χ0) is 12.6. The van der Waals surface area contributed by atoms with Gasteiger partial charge in [0.2, 0.25) is 0 Å². The van der Waals surface area contributed by atoms with Gasteiger partial charge in [0.25, 0.3) is 0 Å². The van der Waals surface area contributed by atoms with Crippen molar-refractivity contribution >= 4 is 0 Å². The topological polar surface area (TPSA) is 20.2 Å². The zero-order valence-electron chi connectivity index (χ0n) is 11.7. The number of allylic oxidation sites excluding steroid dienone is 1. The summed E-state index contributed by atoms with van der Waals surface area (Å²) in [6.07, 6.45) is 6.15. The molecule has 0 aliphatic heterocycles. The van der Waals surface area contributed by atoms with E-state index in [9.17, 15) is 5.11 Å². The fourth-order valence-corrected chi connectivity index (χ4v) is 4.49. The Morgan fingerprint density at radius 2 is 2.06 bits per heavy atom. The first-order chi connectivity index (χ1) is 7.97. The second-order valence-corrected chi connectivity index (χ2v) is 7.00. The van der Waals surface area contributed by atoms with E-state index in [-0.39, 0.29) is 0 Å². The molecule has 0 aromatic carbocycles. The Morgan fingerprint density at radius 1 is 1.35 bits per heavy atom. The third kappa shape index (κ3) is 2.31. The molecule has 2 aliphatic carbocycles. The third-order valence-corrected chi connectivity index (χ3v) is 5.58. The van der Waals surface area contributed by atoms with Gasteiger partial charge in [-0.2, -0.15) is 0 Å². The number of fused-ring (bicyclic) bond motifs is 1. The first-order valence-electron chi connectivity index (χ1n) is 7.26. The van der Waals surface area contributed by atoms with Crippen LogP contribution in [0, 0.1) is 29.1 Å². The highest BCUT2D eigenvalue weighted by Crippen LogP contribution is 2.56. The van der Waals surface area contributed by atoms with Crippen LogP contribution >= 0.6 is 0 Å². The molecule has 98 valence electrons. The van der Waals surface area contributed by atoms with Gasteiger partial charge < -0.3 is 5.11 Å². The molecule has 0 spiro atoms. The lowest BCUT2D eigenvalue weighted by atomic mass is 9.52. The van der Waals surface area contributed by atoms with E-state index in [4.69, 9.17) is 0 Å². The second-order valence-electron chi connectivity index (χ2n) is 7.00.